The molecule has 7 unspecified atom stereocenters. The first-order valence-electron chi connectivity index (χ1n) is 11.4. The number of halogens is 2. The van der Waals surface area contributed by atoms with E-state index in [4.69, 9.17) is 10.5 Å². The highest BCUT2D eigenvalue weighted by Crippen LogP contribution is 2.71. The maximum Gasteiger partial charge on any atom is 0.323 e. The zero-order valence-corrected chi connectivity index (χ0v) is 17.3. The quantitative estimate of drug-likeness (QED) is 0.689. The summed E-state index contributed by atoms with van der Waals surface area (Å²) in [6.07, 6.45) is 10.0. The molecule has 1 spiro atoms. The van der Waals surface area contributed by atoms with Crippen molar-refractivity contribution >= 4 is 5.97 Å². The fraction of sp³-hybridized carbons (Fsp3) is 0.708. The van der Waals surface area contributed by atoms with E-state index in [2.05, 4.69) is 0 Å². The molecule has 5 rings (SSSR count). The lowest BCUT2D eigenvalue weighted by Crippen LogP contribution is -2.55. The van der Waals surface area contributed by atoms with Crippen LogP contribution in [0.2, 0.25) is 0 Å². The standard InChI is InChI=1S/C24H31F2NO3/c25-18-7-5-14(11-19(18)26)16-3-1-2-4-20(16)30-21-8-6-15-9-10-24(27,22(28)29)13-23(15)12-17(21)23/h5,7,11,15,17-19,21H,1-4,6,8-10,12-13,27H2,(H,28,29). The first-order chi connectivity index (χ1) is 14.3. The van der Waals surface area contributed by atoms with Crippen molar-refractivity contribution in [3.05, 3.63) is 35.1 Å². The van der Waals surface area contributed by atoms with Crippen molar-refractivity contribution in [2.75, 3.05) is 0 Å². The lowest BCUT2D eigenvalue weighted by molar-refractivity contribution is -0.147. The molecule has 0 aromatic heterocycles. The average Bonchev–Trinajstić information content (AvgIpc) is 3.44. The summed E-state index contributed by atoms with van der Waals surface area (Å²) in [7, 11) is 0. The summed E-state index contributed by atoms with van der Waals surface area (Å²) >= 11 is 0. The number of carbonyl (C=O) groups is 1. The molecule has 4 nitrogen and oxygen atoms in total. The van der Waals surface area contributed by atoms with Crippen molar-refractivity contribution in [1.29, 1.82) is 0 Å². The van der Waals surface area contributed by atoms with Gasteiger partial charge in [-0.1, -0.05) is 6.08 Å². The maximum absolute atomic E-state index is 13.9. The van der Waals surface area contributed by atoms with Crippen molar-refractivity contribution < 1.29 is 23.4 Å². The largest absolute Gasteiger partial charge is 0.494 e. The van der Waals surface area contributed by atoms with Crippen LogP contribution in [0.15, 0.2) is 35.1 Å². The van der Waals surface area contributed by atoms with Gasteiger partial charge in [-0.25, -0.2) is 8.78 Å². The third-order valence-corrected chi connectivity index (χ3v) is 8.41. The number of nitrogens with two attached hydrogens (primary N) is 1. The first-order valence-corrected chi connectivity index (χ1v) is 11.4. The molecule has 0 bridgehead atoms. The molecule has 30 heavy (non-hydrogen) atoms. The second kappa shape index (κ2) is 7.18. The molecule has 164 valence electrons. The molecule has 0 amide bonds. The average molecular weight is 420 g/mol. The minimum Gasteiger partial charge on any atom is -0.494 e. The Bertz CT molecular complexity index is 836. The Hall–Kier alpha value is -1.69. The monoisotopic (exact) mass is 419 g/mol. The number of alkyl halides is 2. The molecular weight excluding hydrogens is 388 g/mol. The van der Waals surface area contributed by atoms with Gasteiger partial charge in [0.25, 0.3) is 0 Å². The molecule has 0 saturated heterocycles. The Kier molecular flexibility index (Phi) is 4.84. The van der Waals surface area contributed by atoms with Crippen LogP contribution in [-0.4, -0.2) is 35.1 Å². The Morgan fingerprint density at radius 2 is 1.97 bits per heavy atom. The van der Waals surface area contributed by atoms with Crippen molar-refractivity contribution in [3.8, 4) is 0 Å². The van der Waals surface area contributed by atoms with Crippen LogP contribution in [0.4, 0.5) is 8.78 Å². The molecular formula is C24H31F2NO3. The molecule has 0 aromatic carbocycles. The van der Waals surface area contributed by atoms with E-state index in [9.17, 15) is 18.7 Å². The summed E-state index contributed by atoms with van der Waals surface area (Å²) in [5, 5.41) is 9.63. The summed E-state index contributed by atoms with van der Waals surface area (Å²) in [6.45, 7) is 0. The minimum atomic E-state index is -1.60. The molecule has 5 aliphatic rings. The Morgan fingerprint density at radius 3 is 2.73 bits per heavy atom. The maximum atomic E-state index is 13.9. The molecule has 7 atom stereocenters. The van der Waals surface area contributed by atoms with Crippen LogP contribution < -0.4 is 5.73 Å². The fourth-order valence-corrected chi connectivity index (χ4v) is 6.70. The van der Waals surface area contributed by atoms with Gasteiger partial charge in [-0.2, -0.15) is 0 Å². The third-order valence-electron chi connectivity index (χ3n) is 8.41. The van der Waals surface area contributed by atoms with E-state index in [-0.39, 0.29) is 11.5 Å². The van der Waals surface area contributed by atoms with E-state index in [1.54, 1.807) is 6.08 Å². The van der Waals surface area contributed by atoms with Crippen molar-refractivity contribution in [1.82, 2.24) is 0 Å². The normalized spacial score (nSPS) is 45.3. The van der Waals surface area contributed by atoms with Gasteiger partial charge in [0.05, 0.1) is 0 Å². The molecule has 6 heteroatoms. The van der Waals surface area contributed by atoms with E-state index in [1.807, 2.05) is 0 Å². The SMILES string of the molecule is NC1(C(=O)O)CCC2CCC(OC3=C(C4=CC(F)C(F)C=C4)CCCC3)C3CC23C1. The zero-order valence-electron chi connectivity index (χ0n) is 17.3. The van der Waals surface area contributed by atoms with Crippen molar-refractivity contribution in [3.63, 3.8) is 0 Å². The lowest BCUT2D eigenvalue weighted by Gasteiger charge is -2.45. The predicted octanol–water partition coefficient (Wildman–Crippen LogP) is 4.75. The van der Waals surface area contributed by atoms with Gasteiger partial charge in [0, 0.05) is 12.3 Å². The van der Waals surface area contributed by atoms with Gasteiger partial charge < -0.3 is 15.6 Å². The highest BCUT2D eigenvalue weighted by Gasteiger charge is 2.68. The van der Waals surface area contributed by atoms with Crippen LogP contribution >= 0.6 is 0 Å². The molecule has 0 heterocycles. The molecule has 3 fully saturated rings. The summed E-state index contributed by atoms with van der Waals surface area (Å²) < 4.78 is 34.0. The first kappa shape index (κ1) is 20.2. The van der Waals surface area contributed by atoms with Crippen LogP contribution in [0.1, 0.15) is 64.2 Å². The number of ether oxygens (including phenoxy) is 1. The number of rotatable bonds is 4. The smallest absolute Gasteiger partial charge is 0.323 e. The molecule has 0 aromatic rings. The summed E-state index contributed by atoms with van der Waals surface area (Å²) in [6, 6.07) is 0. The van der Waals surface area contributed by atoms with Crippen LogP contribution in [0.3, 0.4) is 0 Å². The van der Waals surface area contributed by atoms with Gasteiger partial charge in [0.15, 0.2) is 12.3 Å². The summed E-state index contributed by atoms with van der Waals surface area (Å²) in [4.78, 5) is 11.7. The second-order valence-corrected chi connectivity index (χ2v) is 10.1. The van der Waals surface area contributed by atoms with Gasteiger partial charge in [-0.3, -0.25) is 4.79 Å². The number of carboxylic acid groups (broad SMARTS) is 1. The number of hydrogen-bond acceptors (Lipinski definition) is 3. The molecule has 0 aliphatic heterocycles. The highest BCUT2D eigenvalue weighted by molar-refractivity contribution is 5.79. The van der Waals surface area contributed by atoms with Crippen molar-refractivity contribution in [2.45, 2.75) is 88.2 Å². The second-order valence-electron chi connectivity index (χ2n) is 10.1. The molecule has 3 saturated carbocycles. The highest BCUT2D eigenvalue weighted by atomic mass is 19.2. The van der Waals surface area contributed by atoms with Crippen LogP contribution in [-0.2, 0) is 9.53 Å². The summed E-state index contributed by atoms with van der Waals surface area (Å²) in [5.41, 5.74) is 6.94. The van der Waals surface area contributed by atoms with E-state index in [0.29, 0.717) is 24.7 Å². The number of aliphatic carboxylic acids is 1. The van der Waals surface area contributed by atoms with E-state index in [0.717, 1.165) is 68.3 Å². The van der Waals surface area contributed by atoms with E-state index >= 15 is 0 Å². The van der Waals surface area contributed by atoms with Gasteiger partial charge in [-0.05, 0) is 92.4 Å². The van der Waals surface area contributed by atoms with Crippen LogP contribution in [0.25, 0.3) is 0 Å². The van der Waals surface area contributed by atoms with Gasteiger partial charge in [0.2, 0.25) is 0 Å². The molecule has 0 radical (unpaired) electrons. The topological polar surface area (TPSA) is 72.6 Å². The van der Waals surface area contributed by atoms with E-state index < -0.39 is 23.9 Å². The molecule has 3 N–H and O–H groups in total. The van der Waals surface area contributed by atoms with Crippen LogP contribution in [0, 0.1) is 17.3 Å². The Labute approximate surface area is 176 Å². The van der Waals surface area contributed by atoms with Crippen LogP contribution in [0.5, 0.6) is 0 Å². The zero-order chi connectivity index (χ0) is 21.1. The number of carboxylic acids is 1. The van der Waals surface area contributed by atoms with Gasteiger partial charge in [0.1, 0.15) is 17.4 Å². The Balaban J connectivity index is 1.36. The number of hydrogen-bond donors (Lipinski definition) is 2. The fourth-order valence-electron chi connectivity index (χ4n) is 6.70. The molecule has 5 aliphatic carbocycles. The van der Waals surface area contributed by atoms with E-state index in [1.165, 1.54) is 12.2 Å². The van der Waals surface area contributed by atoms with Crippen molar-refractivity contribution in [2.24, 2.45) is 23.0 Å². The van der Waals surface area contributed by atoms with Gasteiger partial charge >= 0.3 is 5.97 Å². The minimum absolute atomic E-state index is 0.0131. The lowest BCUT2D eigenvalue weighted by atomic mass is 9.63. The number of allylic oxidation sites excluding steroid dienone is 6. The summed E-state index contributed by atoms with van der Waals surface area (Å²) in [5.74, 6) is 0.954. The van der Waals surface area contributed by atoms with Gasteiger partial charge in [-0.15, -0.1) is 0 Å². The predicted molar refractivity (Wildman–Crippen MR) is 109 cm³/mol. The Morgan fingerprint density at radius 1 is 1.17 bits per heavy atom. The third kappa shape index (κ3) is 3.22.